The number of terminal acetylenes is 1. The van der Waals surface area contributed by atoms with Crippen LogP contribution in [-0.2, 0) is 0 Å². The SMILES string of the molecule is C#CCN(C)C(=O)c1ccc(OCC)c(N)c1. The van der Waals surface area contributed by atoms with Gasteiger partial charge in [-0.25, -0.2) is 0 Å². The number of amides is 1. The molecule has 2 N–H and O–H groups in total. The molecule has 0 heterocycles. The monoisotopic (exact) mass is 232 g/mol. The van der Waals surface area contributed by atoms with Gasteiger partial charge in [0.05, 0.1) is 18.8 Å². The average molecular weight is 232 g/mol. The fourth-order valence-electron chi connectivity index (χ4n) is 1.40. The number of ether oxygens (including phenoxy) is 1. The van der Waals surface area contributed by atoms with Crippen LogP contribution in [0.4, 0.5) is 5.69 Å². The van der Waals surface area contributed by atoms with Crippen LogP contribution < -0.4 is 10.5 Å². The Labute approximate surface area is 101 Å². The predicted octanol–water partition coefficient (Wildman–Crippen LogP) is 1.37. The molecule has 90 valence electrons. The van der Waals surface area contributed by atoms with Gasteiger partial charge in [0.15, 0.2) is 0 Å². The zero-order valence-corrected chi connectivity index (χ0v) is 10.1. The predicted molar refractivity (Wildman–Crippen MR) is 67.8 cm³/mol. The fraction of sp³-hybridized carbons (Fsp3) is 0.308. The van der Waals surface area contributed by atoms with Crippen molar-refractivity contribution in [2.24, 2.45) is 0 Å². The van der Waals surface area contributed by atoms with Crippen molar-refractivity contribution in [2.45, 2.75) is 6.92 Å². The molecular formula is C13H16N2O2. The summed E-state index contributed by atoms with van der Waals surface area (Å²) in [4.78, 5) is 13.3. The molecule has 0 aliphatic heterocycles. The van der Waals surface area contributed by atoms with Crippen LogP contribution in [0.3, 0.4) is 0 Å². The second-order valence-corrected chi connectivity index (χ2v) is 3.55. The minimum Gasteiger partial charge on any atom is -0.492 e. The molecule has 1 aromatic carbocycles. The Bertz CT molecular complexity index is 449. The molecule has 1 amide bonds. The minimum absolute atomic E-state index is 0.155. The van der Waals surface area contributed by atoms with E-state index in [1.165, 1.54) is 4.90 Å². The zero-order valence-electron chi connectivity index (χ0n) is 10.1. The van der Waals surface area contributed by atoms with E-state index in [1.807, 2.05) is 6.92 Å². The molecule has 0 aliphatic rings. The Morgan fingerprint density at radius 2 is 2.29 bits per heavy atom. The van der Waals surface area contributed by atoms with Gasteiger partial charge < -0.3 is 15.4 Å². The smallest absolute Gasteiger partial charge is 0.254 e. The highest BCUT2D eigenvalue weighted by molar-refractivity contribution is 5.95. The summed E-state index contributed by atoms with van der Waals surface area (Å²) in [6, 6.07) is 4.97. The van der Waals surface area contributed by atoms with Crippen LogP contribution in [0.2, 0.25) is 0 Å². The number of rotatable bonds is 4. The van der Waals surface area contributed by atoms with Crippen molar-refractivity contribution in [2.75, 3.05) is 25.9 Å². The number of nitrogens with zero attached hydrogens (tertiary/aromatic N) is 1. The third kappa shape index (κ3) is 3.15. The average Bonchev–Trinajstić information content (AvgIpc) is 2.31. The maximum absolute atomic E-state index is 11.9. The highest BCUT2D eigenvalue weighted by atomic mass is 16.5. The molecule has 4 nitrogen and oxygen atoms in total. The van der Waals surface area contributed by atoms with Crippen LogP contribution >= 0.6 is 0 Å². The Kier molecular flexibility index (Phi) is 4.41. The van der Waals surface area contributed by atoms with E-state index in [1.54, 1.807) is 25.2 Å². The summed E-state index contributed by atoms with van der Waals surface area (Å²) in [6.45, 7) is 2.68. The quantitative estimate of drug-likeness (QED) is 0.630. The van der Waals surface area contributed by atoms with Crippen molar-refractivity contribution in [1.29, 1.82) is 0 Å². The Hall–Kier alpha value is -2.15. The zero-order chi connectivity index (χ0) is 12.8. The molecule has 0 atom stereocenters. The highest BCUT2D eigenvalue weighted by Crippen LogP contribution is 2.22. The van der Waals surface area contributed by atoms with Gasteiger partial charge in [-0.05, 0) is 25.1 Å². The molecule has 4 heteroatoms. The summed E-state index contributed by atoms with van der Waals surface area (Å²) < 4.78 is 5.30. The van der Waals surface area contributed by atoms with Crippen LogP contribution in [0.25, 0.3) is 0 Å². The first-order valence-electron chi connectivity index (χ1n) is 5.31. The van der Waals surface area contributed by atoms with Crippen molar-refractivity contribution in [1.82, 2.24) is 4.90 Å². The maximum Gasteiger partial charge on any atom is 0.254 e. The second-order valence-electron chi connectivity index (χ2n) is 3.55. The van der Waals surface area contributed by atoms with Gasteiger partial charge >= 0.3 is 0 Å². The van der Waals surface area contributed by atoms with Crippen LogP contribution in [-0.4, -0.2) is 31.0 Å². The highest BCUT2D eigenvalue weighted by Gasteiger charge is 2.12. The van der Waals surface area contributed by atoms with Gasteiger partial charge in [-0.1, -0.05) is 5.92 Å². The third-order valence-corrected chi connectivity index (χ3v) is 2.23. The topological polar surface area (TPSA) is 55.6 Å². The summed E-state index contributed by atoms with van der Waals surface area (Å²) in [7, 11) is 1.65. The Morgan fingerprint density at radius 1 is 1.59 bits per heavy atom. The largest absolute Gasteiger partial charge is 0.492 e. The molecule has 1 aromatic rings. The van der Waals surface area contributed by atoms with E-state index in [4.69, 9.17) is 16.9 Å². The van der Waals surface area contributed by atoms with E-state index in [2.05, 4.69) is 5.92 Å². The third-order valence-electron chi connectivity index (χ3n) is 2.23. The van der Waals surface area contributed by atoms with Gasteiger partial charge in [-0.3, -0.25) is 4.79 Å². The standard InChI is InChI=1S/C13H16N2O2/c1-4-8-15(3)13(16)10-6-7-12(17-5-2)11(14)9-10/h1,6-7,9H,5,8,14H2,2-3H3. The molecular weight excluding hydrogens is 216 g/mol. The normalized spacial score (nSPS) is 9.47. The number of carbonyl (C=O) groups is 1. The van der Waals surface area contributed by atoms with Crippen LogP contribution in [0.5, 0.6) is 5.75 Å². The van der Waals surface area contributed by atoms with Crippen molar-refractivity contribution < 1.29 is 9.53 Å². The number of nitrogen functional groups attached to an aromatic ring is 1. The minimum atomic E-state index is -0.155. The van der Waals surface area contributed by atoms with Gasteiger partial charge in [-0.2, -0.15) is 0 Å². The van der Waals surface area contributed by atoms with Crippen LogP contribution in [0.1, 0.15) is 17.3 Å². The molecule has 1 rings (SSSR count). The maximum atomic E-state index is 11.9. The van der Waals surface area contributed by atoms with Gasteiger partial charge in [0.1, 0.15) is 5.75 Å². The van der Waals surface area contributed by atoms with Crippen molar-refractivity contribution in [3.8, 4) is 18.1 Å². The first kappa shape index (κ1) is 12.9. The molecule has 0 fully saturated rings. The van der Waals surface area contributed by atoms with E-state index in [9.17, 15) is 4.79 Å². The molecule has 0 saturated heterocycles. The van der Waals surface area contributed by atoms with Gasteiger partial charge in [0.25, 0.3) is 5.91 Å². The molecule has 0 bridgehead atoms. The second kappa shape index (κ2) is 5.80. The number of benzene rings is 1. The van der Waals surface area contributed by atoms with Crippen molar-refractivity contribution in [3.05, 3.63) is 23.8 Å². The number of hydrogen-bond acceptors (Lipinski definition) is 3. The number of anilines is 1. The molecule has 0 saturated carbocycles. The van der Waals surface area contributed by atoms with E-state index >= 15 is 0 Å². The van der Waals surface area contributed by atoms with Crippen molar-refractivity contribution >= 4 is 11.6 Å². The van der Waals surface area contributed by atoms with E-state index in [0.29, 0.717) is 23.6 Å². The molecule has 17 heavy (non-hydrogen) atoms. The lowest BCUT2D eigenvalue weighted by Gasteiger charge is -2.15. The van der Waals surface area contributed by atoms with E-state index < -0.39 is 0 Å². The number of carbonyl (C=O) groups excluding carboxylic acids is 1. The lowest BCUT2D eigenvalue weighted by molar-refractivity contribution is 0.0812. The van der Waals surface area contributed by atoms with E-state index in [0.717, 1.165) is 0 Å². The number of hydrogen-bond donors (Lipinski definition) is 1. The summed E-state index contributed by atoms with van der Waals surface area (Å²) in [5.74, 6) is 2.85. The number of nitrogens with two attached hydrogens (primary N) is 1. The first-order chi connectivity index (χ1) is 8.10. The lowest BCUT2D eigenvalue weighted by atomic mass is 10.1. The lowest BCUT2D eigenvalue weighted by Crippen LogP contribution is -2.27. The Morgan fingerprint density at radius 3 is 2.82 bits per heavy atom. The molecule has 0 aromatic heterocycles. The van der Waals surface area contributed by atoms with Crippen molar-refractivity contribution in [3.63, 3.8) is 0 Å². The van der Waals surface area contributed by atoms with Gasteiger partial charge in [-0.15, -0.1) is 6.42 Å². The van der Waals surface area contributed by atoms with E-state index in [-0.39, 0.29) is 12.5 Å². The summed E-state index contributed by atoms with van der Waals surface area (Å²) in [5.41, 5.74) is 6.74. The molecule has 0 unspecified atom stereocenters. The fourth-order valence-corrected chi connectivity index (χ4v) is 1.40. The molecule has 0 aliphatic carbocycles. The van der Waals surface area contributed by atoms with Crippen LogP contribution in [0.15, 0.2) is 18.2 Å². The first-order valence-corrected chi connectivity index (χ1v) is 5.31. The summed E-state index contributed by atoms with van der Waals surface area (Å²) in [5, 5.41) is 0. The molecule has 0 radical (unpaired) electrons. The summed E-state index contributed by atoms with van der Waals surface area (Å²) in [6.07, 6.45) is 5.15. The van der Waals surface area contributed by atoms with Crippen LogP contribution in [0, 0.1) is 12.3 Å². The van der Waals surface area contributed by atoms with Gasteiger partial charge in [0, 0.05) is 12.6 Å². The molecule has 0 spiro atoms. The Balaban J connectivity index is 2.90. The van der Waals surface area contributed by atoms with Gasteiger partial charge in [0.2, 0.25) is 0 Å². The summed E-state index contributed by atoms with van der Waals surface area (Å²) >= 11 is 0.